The Hall–Kier alpha value is -2.74. The van der Waals surface area contributed by atoms with Crippen LogP contribution in [-0.4, -0.2) is 40.8 Å². The number of methoxy groups -OCH3 is 2. The topological polar surface area (TPSA) is 84.9 Å². The molecule has 1 N–H and O–H groups in total. The first kappa shape index (κ1) is 19.0. The van der Waals surface area contributed by atoms with Crippen molar-refractivity contribution >= 4 is 27.3 Å². The molecular weight excluding hydrogens is 368 g/mol. The van der Waals surface area contributed by atoms with E-state index >= 15 is 0 Å². The predicted molar refractivity (Wildman–Crippen MR) is 104 cm³/mol. The van der Waals surface area contributed by atoms with E-state index in [9.17, 15) is 13.2 Å². The normalized spacial score (nSPS) is 15.4. The van der Waals surface area contributed by atoms with Gasteiger partial charge < -0.3 is 14.8 Å². The average Bonchev–Trinajstić information content (AvgIpc) is 3.01. The molecule has 0 aliphatic carbocycles. The third kappa shape index (κ3) is 4.33. The molecule has 1 aliphatic rings. The summed E-state index contributed by atoms with van der Waals surface area (Å²) in [6.45, 7) is 0.493. The van der Waals surface area contributed by atoms with Crippen LogP contribution < -0.4 is 19.1 Å². The molecule has 27 heavy (non-hydrogen) atoms. The maximum absolute atomic E-state index is 12.3. The fourth-order valence-electron chi connectivity index (χ4n) is 3.02. The van der Waals surface area contributed by atoms with Gasteiger partial charge in [0, 0.05) is 12.2 Å². The molecule has 2 aromatic rings. The van der Waals surface area contributed by atoms with Crippen molar-refractivity contribution in [2.45, 2.75) is 12.8 Å². The van der Waals surface area contributed by atoms with Crippen molar-refractivity contribution in [3.63, 3.8) is 0 Å². The average molecular weight is 390 g/mol. The molecule has 144 valence electrons. The number of hydrogen-bond acceptors (Lipinski definition) is 5. The molecule has 0 atom stereocenters. The number of amides is 1. The van der Waals surface area contributed by atoms with Gasteiger partial charge >= 0.3 is 0 Å². The highest BCUT2D eigenvalue weighted by Gasteiger charge is 2.28. The number of sulfonamides is 1. The first-order chi connectivity index (χ1) is 12.9. The third-order valence-corrected chi connectivity index (χ3v) is 6.22. The van der Waals surface area contributed by atoms with Crippen molar-refractivity contribution in [1.29, 1.82) is 0 Å². The van der Waals surface area contributed by atoms with E-state index in [-0.39, 0.29) is 18.1 Å². The van der Waals surface area contributed by atoms with Crippen LogP contribution in [0.25, 0.3) is 0 Å². The highest BCUT2D eigenvalue weighted by molar-refractivity contribution is 7.93. The van der Waals surface area contributed by atoms with Crippen LogP contribution in [0.5, 0.6) is 11.5 Å². The fourth-order valence-corrected chi connectivity index (χ4v) is 4.59. The number of hydrogen-bond donors (Lipinski definition) is 1. The summed E-state index contributed by atoms with van der Waals surface area (Å²) < 4.78 is 35.8. The number of nitrogens with one attached hydrogen (secondary N) is 1. The van der Waals surface area contributed by atoms with Crippen LogP contribution in [0.15, 0.2) is 42.5 Å². The maximum atomic E-state index is 12.3. The van der Waals surface area contributed by atoms with Gasteiger partial charge in [-0.25, -0.2) is 8.42 Å². The summed E-state index contributed by atoms with van der Waals surface area (Å²) in [5.41, 5.74) is 2.02. The van der Waals surface area contributed by atoms with Crippen molar-refractivity contribution in [1.82, 2.24) is 0 Å². The van der Waals surface area contributed by atoms with Crippen LogP contribution in [0.4, 0.5) is 11.4 Å². The Bertz CT molecular complexity index is 926. The van der Waals surface area contributed by atoms with Gasteiger partial charge in [-0.1, -0.05) is 6.07 Å². The van der Waals surface area contributed by atoms with Gasteiger partial charge in [0.25, 0.3) is 0 Å². The Balaban J connectivity index is 1.64. The minimum Gasteiger partial charge on any atom is -0.493 e. The van der Waals surface area contributed by atoms with Crippen molar-refractivity contribution in [3.05, 3.63) is 48.0 Å². The number of anilines is 2. The molecule has 2 aromatic carbocycles. The van der Waals surface area contributed by atoms with Crippen molar-refractivity contribution in [2.75, 3.05) is 36.1 Å². The molecule has 1 heterocycles. The van der Waals surface area contributed by atoms with Gasteiger partial charge in [-0.3, -0.25) is 9.10 Å². The lowest BCUT2D eigenvalue weighted by molar-refractivity contribution is -0.115. The number of carbonyl (C=O) groups is 1. The molecule has 0 saturated carbocycles. The van der Waals surface area contributed by atoms with E-state index in [1.54, 1.807) is 50.6 Å². The van der Waals surface area contributed by atoms with E-state index in [4.69, 9.17) is 9.47 Å². The second kappa shape index (κ2) is 7.87. The summed E-state index contributed by atoms with van der Waals surface area (Å²) >= 11 is 0. The predicted octanol–water partition coefficient (Wildman–Crippen LogP) is 2.42. The van der Waals surface area contributed by atoms with Crippen LogP contribution in [0.2, 0.25) is 0 Å². The van der Waals surface area contributed by atoms with E-state index in [0.29, 0.717) is 35.8 Å². The number of benzene rings is 2. The van der Waals surface area contributed by atoms with E-state index in [1.807, 2.05) is 6.07 Å². The Morgan fingerprint density at radius 3 is 2.37 bits per heavy atom. The second-order valence-electron chi connectivity index (χ2n) is 6.20. The summed E-state index contributed by atoms with van der Waals surface area (Å²) in [5, 5.41) is 2.82. The zero-order valence-electron chi connectivity index (χ0n) is 15.3. The second-order valence-corrected chi connectivity index (χ2v) is 8.22. The quantitative estimate of drug-likeness (QED) is 0.819. The summed E-state index contributed by atoms with van der Waals surface area (Å²) in [4.78, 5) is 12.3. The Morgan fingerprint density at radius 2 is 1.78 bits per heavy atom. The molecular formula is C19H22N2O5S. The molecule has 0 aromatic heterocycles. The first-order valence-electron chi connectivity index (χ1n) is 8.54. The van der Waals surface area contributed by atoms with Crippen LogP contribution in [0.3, 0.4) is 0 Å². The highest BCUT2D eigenvalue weighted by Crippen LogP contribution is 2.28. The number of nitrogens with zero attached hydrogens (tertiary/aromatic N) is 1. The van der Waals surface area contributed by atoms with Gasteiger partial charge in [-0.15, -0.1) is 0 Å². The zero-order chi connectivity index (χ0) is 19.4. The summed E-state index contributed by atoms with van der Waals surface area (Å²) in [5.74, 6) is 1.17. The molecule has 7 nitrogen and oxygen atoms in total. The molecule has 1 saturated heterocycles. The van der Waals surface area contributed by atoms with Crippen LogP contribution in [-0.2, 0) is 21.2 Å². The zero-order valence-corrected chi connectivity index (χ0v) is 16.1. The van der Waals surface area contributed by atoms with Gasteiger partial charge in [0.15, 0.2) is 11.5 Å². The highest BCUT2D eigenvalue weighted by atomic mass is 32.2. The lowest BCUT2D eigenvalue weighted by Crippen LogP contribution is -2.25. The molecule has 1 amide bonds. The summed E-state index contributed by atoms with van der Waals surface area (Å²) in [6.07, 6.45) is 0.814. The monoisotopic (exact) mass is 390 g/mol. The van der Waals surface area contributed by atoms with Crippen molar-refractivity contribution < 1.29 is 22.7 Å². The standard InChI is InChI=1S/C19H22N2O5S/c1-25-17-9-4-14(12-18(17)26-2)13-19(22)20-15-5-7-16(8-6-15)21-10-3-11-27(21,23)24/h4-9,12H,3,10-11,13H2,1-2H3,(H,20,22). The summed E-state index contributed by atoms with van der Waals surface area (Å²) in [6, 6.07) is 12.1. The number of ether oxygens (including phenoxy) is 2. The largest absolute Gasteiger partial charge is 0.493 e. The molecule has 1 fully saturated rings. The van der Waals surface area contributed by atoms with E-state index in [1.165, 1.54) is 4.31 Å². The molecule has 0 bridgehead atoms. The Kier molecular flexibility index (Phi) is 5.55. The SMILES string of the molecule is COc1ccc(CC(=O)Nc2ccc(N3CCCS3(=O)=O)cc2)cc1OC. The van der Waals surface area contributed by atoms with E-state index in [2.05, 4.69) is 5.32 Å². The van der Waals surface area contributed by atoms with Gasteiger partial charge in [-0.2, -0.15) is 0 Å². The Morgan fingerprint density at radius 1 is 1.07 bits per heavy atom. The molecule has 0 spiro atoms. The fraction of sp³-hybridized carbons (Fsp3) is 0.316. The molecule has 3 rings (SSSR count). The first-order valence-corrected chi connectivity index (χ1v) is 10.1. The lowest BCUT2D eigenvalue weighted by atomic mass is 10.1. The number of carbonyl (C=O) groups excluding carboxylic acids is 1. The lowest BCUT2D eigenvalue weighted by Gasteiger charge is -2.17. The number of rotatable bonds is 6. The van der Waals surface area contributed by atoms with Crippen LogP contribution in [0.1, 0.15) is 12.0 Å². The minimum absolute atomic E-state index is 0.177. The smallest absolute Gasteiger partial charge is 0.235 e. The third-order valence-electron chi connectivity index (χ3n) is 4.35. The van der Waals surface area contributed by atoms with Gasteiger partial charge in [0.05, 0.1) is 32.1 Å². The van der Waals surface area contributed by atoms with Crippen molar-refractivity contribution in [2.24, 2.45) is 0 Å². The van der Waals surface area contributed by atoms with E-state index < -0.39 is 10.0 Å². The molecule has 0 radical (unpaired) electrons. The van der Waals surface area contributed by atoms with Crippen molar-refractivity contribution in [3.8, 4) is 11.5 Å². The van der Waals surface area contributed by atoms with Crippen LogP contribution >= 0.6 is 0 Å². The van der Waals surface area contributed by atoms with Crippen LogP contribution in [0, 0.1) is 0 Å². The molecule has 8 heteroatoms. The maximum Gasteiger partial charge on any atom is 0.235 e. The van der Waals surface area contributed by atoms with Gasteiger partial charge in [0.2, 0.25) is 15.9 Å². The Labute approximate surface area is 158 Å². The van der Waals surface area contributed by atoms with Gasteiger partial charge in [-0.05, 0) is 48.4 Å². The van der Waals surface area contributed by atoms with E-state index in [0.717, 1.165) is 5.56 Å². The minimum atomic E-state index is -3.21. The summed E-state index contributed by atoms with van der Waals surface area (Å²) in [7, 11) is -0.103. The molecule has 0 unspecified atom stereocenters. The van der Waals surface area contributed by atoms with Gasteiger partial charge in [0.1, 0.15) is 0 Å². The molecule has 1 aliphatic heterocycles.